The van der Waals surface area contributed by atoms with Crippen molar-refractivity contribution >= 4 is 17.3 Å². The van der Waals surface area contributed by atoms with Crippen LogP contribution in [0.3, 0.4) is 0 Å². The van der Waals surface area contributed by atoms with E-state index in [1.165, 1.54) is 30.8 Å². The number of anilines is 1. The molecule has 0 aromatic heterocycles. The van der Waals surface area contributed by atoms with Crippen LogP contribution < -0.4 is 4.90 Å². The zero-order chi connectivity index (χ0) is 12.5. The second-order valence-electron chi connectivity index (χ2n) is 6.10. The molecule has 1 atom stereocenters. The van der Waals surface area contributed by atoms with Gasteiger partial charge >= 0.3 is 0 Å². The summed E-state index contributed by atoms with van der Waals surface area (Å²) in [6.45, 7) is 9.40. The van der Waals surface area contributed by atoms with Gasteiger partial charge < -0.3 is 4.90 Å². The van der Waals surface area contributed by atoms with Crippen LogP contribution in [-0.4, -0.2) is 13.1 Å². The molecule has 0 bridgehead atoms. The number of hydrogen-bond acceptors (Lipinski definition) is 1. The lowest BCUT2D eigenvalue weighted by atomic mass is 9.80. The van der Waals surface area contributed by atoms with Gasteiger partial charge in [-0.15, -0.1) is 11.6 Å². The number of halogens is 1. The molecule has 1 aromatic rings. The van der Waals surface area contributed by atoms with Gasteiger partial charge in [-0.1, -0.05) is 32.9 Å². The molecule has 2 rings (SSSR count). The van der Waals surface area contributed by atoms with Gasteiger partial charge in [0.05, 0.1) is 0 Å². The summed E-state index contributed by atoms with van der Waals surface area (Å²) in [4.78, 5) is 2.49. The molecule has 1 unspecified atom stereocenters. The lowest BCUT2D eigenvalue weighted by molar-refractivity contribution is 0.263. The fraction of sp³-hybridized carbons (Fsp3) is 0.600. The molecule has 1 aliphatic heterocycles. The first-order valence-corrected chi connectivity index (χ1v) is 6.94. The number of alkyl halides is 1. The number of rotatable bonds is 2. The molecule has 1 aliphatic rings. The Labute approximate surface area is 110 Å². The van der Waals surface area contributed by atoms with E-state index in [4.69, 9.17) is 11.6 Å². The molecule has 0 N–H and O–H groups in total. The van der Waals surface area contributed by atoms with E-state index in [0.717, 1.165) is 5.92 Å². The molecular formula is C15H22ClN. The standard InChI is InChI=1S/C15H22ClN/c1-15(2,3)13-8-9-17(11-13)14-6-4-12(10-16)5-7-14/h4-7,13H,8-11H2,1-3H3. The van der Waals surface area contributed by atoms with Gasteiger partial charge in [0.1, 0.15) is 0 Å². The summed E-state index contributed by atoms with van der Waals surface area (Å²) >= 11 is 5.81. The second-order valence-corrected chi connectivity index (χ2v) is 6.36. The minimum Gasteiger partial charge on any atom is -0.371 e. The smallest absolute Gasteiger partial charge is 0.0474 e. The van der Waals surface area contributed by atoms with E-state index in [9.17, 15) is 0 Å². The highest BCUT2D eigenvalue weighted by atomic mass is 35.5. The summed E-state index contributed by atoms with van der Waals surface area (Å²) in [5.41, 5.74) is 2.96. The summed E-state index contributed by atoms with van der Waals surface area (Å²) in [5.74, 6) is 1.40. The first kappa shape index (κ1) is 12.8. The topological polar surface area (TPSA) is 3.24 Å². The van der Waals surface area contributed by atoms with Crippen molar-refractivity contribution in [1.29, 1.82) is 0 Å². The van der Waals surface area contributed by atoms with Crippen molar-refractivity contribution < 1.29 is 0 Å². The predicted octanol–water partition coefficient (Wildman–Crippen LogP) is 4.30. The van der Waals surface area contributed by atoms with Crippen LogP contribution in [0.1, 0.15) is 32.8 Å². The van der Waals surface area contributed by atoms with E-state index in [1.54, 1.807) is 0 Å². The van der Waals surface area contributed by atoms with Gasteiger partial charge in [-0.25, -0.2) is 0 Å². The van der Waals surface area contributed by atoms with Crippen LogP contribution in [0.15, 0.2) is 24.3 Å². The fourth-order valence-corrected chi connectivity index (χ4v) is 2.68. The van der Waals surface area contributed by atoms with E-state index >= 15 is 0 Å². The van der Waals surface area contributed by atoms with Gasteiger partial charge in [0.2, 0.25) is 0 Å². The van der Waals surface area contributed by atoms with Crippen LogP contribution in [0.2, 0.25) is 0 Å². The minimum absolute atomic E-state index is 0.421. The van der Waals surface area contributed by atoms with Gasteiger partial charge in [0.15, 0.2) is 0 Å². The number of benzene rings is 1. The van der Waals surface area contributed by atoms with Crippen molar-refractivity contribution in [2.75, 3.05) is 18.0 Å². The van der Waals surface area contributed by atoms with Gasteiger partial charge in [0.25, 0.3) is 0 Å². The van der Waals surface area contributed by atoms with Crippen LogP contribution in [0.25, 0.3) is 0 Å². The van der Waals surface area contributed by atoms with Crippen LogP contribution in [0.4, 0.5) is 5.69 Å². The molecule has 1 aromatic carbocycles. The molecule has 0 saturated carbocycles. The zero-order valence-corrected chi connectivity index (χ0v) is 11.8. The Morgan fingerprint density at radius 2 is 1.88 bits per heavy atom. The molecule has 17 heavy (non-hydrogen) atoms. The van der Waals surface area contributed by atoms with Crippen molar-refractivity contribution in [2.24, 2.45) is 11.3 Å². The molecule has 0 aliphatic carbocycles. The summed E-state index contributed by atoms with van der Waals surface area (Å²) in [6.07, 6.45) is 1.31. The normalized spacial score (nSPS) is 20.9. The van der Waals surface area contributed by atoms with Crippen molar-refractivity contribution in [1.82, 2.24) is 0 Å². The van der Waals surface area contributed by atoms with Crippen LogP contribution in [0.5, 0.6) is 0 Å². The largest absolute Gasteiger partial charge is 0.371 e. The first-order valence-electron chi connectivity index (χ1n) is 6.40. The van der Waals surface area contributed by atoms with Crippen molar-refractivity contribution in [3.05, 3.63) is 29.8 Å². The minimum atomic E-state index is 0.421. The molecule has 94 valence electrons. The van der Waals surface area contributed by atoms with E-state index < -0.39 is 0 Å². The molecule has 1 saturated heterocycles. The first-order chi connectivity index (χ1) is 8.00. The van der Waals surface area contributed by atoms with Gasteiger partial charge in [0, 0.05) is 24.7 Å². The van der Waals surface area contributed by atoms with Crippen molar-refractivity contribution in [3.63, 3.8) is 0 Å². The Morgan fingerprint density at radius 1 is 1.24 bits per heavy atom. The Bertz CT molecular complexity index is 364. The average Bonchev–Trinajstić information content (AvgIpc) is 2.78. The highest BCUT2D eigenvalue weighted by Gasteiger charge is 2.31. The molecule has 0 radical (unpaired) electrons. The van der Waals surface area contributed by atoms with Gasteiger partial charge in [-0.3, -0.25) is 0 Å². The second kappa shape index (κ2) is 4.89. The molecule has 1 heterocycles. The molecule has 0 amide bonds. The molecule has 0 spiro atoms. The molecule has 1 fully saturated rings. The number of nitrogens with zero attached hydrogens (tertiary/aromatic N) is 1. The third-order valence-corrected chi connectivity index (χ3v) is 4.18. The van der Waals surface area contributed by atoms with Crippen molar-refractivity contribution in [3.8, 4) is 0 Å². The lowest BCUT2D eigenvalue weighted by Gasteiger charge is -2.27. The van der Waals surface area contributed by atoms with Gasteiger partial charge in [-0.2, -0.15) is 0 Å². The maximum atomic E-state index is 5.81. The Balaban J connectivity index is 2.05. The van der Waals surface area contributed by atoms with E-state index in [1.807, 2.05) is 0 Å². The highest BCUT2D eigenvalue weighted by molar-refractivity contribution is 6.17. The van der Waals surface area contributed by atoms with Gasteiger partial charge in [-0.05, 0) is 35.4 Å². The Kier molecular flexibility index (Phi) is 3.67. The predicted molar refractivity (Wildman–Crippen MR) is 75.8 cm³/mol. The fourth-order valence-electron chi connectivity index (χ4n) is 2.50. The number of hydrogen-bond donors (Lipinski definition) is 0. The zero-order valence-electron chi connectivity index (χ0n) is 11.0. The maximum absolute atomic E-state index is 5.81. The Hall–Kier alpha value is -0.690. The van der Waals surface area contributed by atoms with Crippen LogP contribution >= 0.6 is 11.6 Å². The Morgan fingerprint density at radius 3 is 2.35 bits per heavy atom. The van der Waals surface area contributed by atoms with Crippen LogP contribution in [0, 0.1) is 11.3 Å². The molecule has 1 nitrogen and oxygen atoms in total. The summed E-state index contributed by atoms with van der Waals surface area (Å²) in [5, 5.41) is 0. The summed E-state index contributed by atoms with van der Waals surface area (Å²) < 4.78 is 0. The van der Waals surface area contributed by atoms with E-state index in [-0.39, 0.29) is 0 Å². The van der Waals surface area contributed by atoms with Crippen molar-refractivity contribution in [2.45, 2.75) is 33.1 Å². The monoisotopic (exact) mass is 251 g/mol. The summed E-state index contributed by atoms with van der Waals surface area (Å²) in [6, 6.07) is 8.66. The average molecular weight is 252 g/mol. The molecular weight excluding hydrogens is 230 g/mol. The third kappa shape index (κ3) is 2.95. The van der Waals surface area contributed by atoms with E-state index in [0.29, 0.717) is 11.3 Å². The van der Waals surface area contributed by atoms with E-state index in [2.05, 4.69) is 49.9 Å². The molecule has 2 heteroatoms. The lowest BCUT2D eigenvalue weighted by Crippen LogP contribution is -2.25. The SMILES string of the molecule is CC(C)(C)C1CCN(c2ccc(CCl)cc2)C1. The van der Waals surface area contributed by atoms with Crippen LogP contribution in [-0.2, 0) is 5.88 Å². The highest BCUT2D eigenvalue weighted by Crippen LogP contribution is 2.35. The summed E-state index contributed by atoms with van der Waals surface area (Å²) in [7, 11) is 0. The maximum Gasteiger partial charge on any atom is 0.0474 e. The third-order valence-electron chi connectivity index (χ3n) is 3.87. The quantitative estimate of drug-likeness (QED) is 0.709.